The lowest BCUT2D eigenvalue weighted by atomic mass is 9.85. The molecule has 0 spiro atoms. The maximum atomic E-state index is 12.1. The van der Waals surface area contributed by atoms with Crippen molar-refractivity contribution in [2.24, 2.45) is 0 Å². The Kier molecular flexibility index (Phi) is 4.65. The van der Waals surface area contributed by atoms with Crippen molar-refractivity contribution in [1.29, 1.82) is 0 Å². The number of hydrogen-bond acceptors (Lipinski definition) is 4. The van der Waals surface area contributed by atoms with Gasteiger partial charge in [0.25, 0.3) is 0 Å². The van der Waals surface area contributed by atoms with Gasteiger partial charge in [0.1, 0.15) is 0 Å². The van der Waals surface area contributed by atoms with Gasteiger partial charge in [0, 0.05) is 17.8 Å². The number of ether oxygens (including phenoxy) is 1. The molecule has 0 saturated carbocycles. The summed E-state index contributed by atoms with van der Waals surface area (Å²) in [7, 11) is -0.951. The van der Waals surface area contributed by atoms with Crippen LogP contribution in [0.25, 0.3) is 0 Å². The van der Waals surface area contributed by atoms with E-state index in [0.717, 1.165) is 5.56 Å². The Morgan fingerprint density at radius 3 is 2.20 bits per heavy atom. The van der Waals surface area contributed by atoms with E-state index in [1.165, 1.54) is 7.11 Å². The Hall–Kier alpha value is -1.35. The van der Waals surface area contributed by atoms with Crippen molar-refractivity contribution in [3.8, 4) is 5.75 Å². The minimum atomic E-state index is -2.35. The lowest BCUT2D eigenvalue weighted by Crippen LogP contribution is -2.13. The summed E-state index contributed by atoms with van der Waals surface area (Å²) >= 11 is 0. The van der Waals surface area contributed by atoms with Gasteiger partial charge in [0.15, 0.2) is 0 Å². The van der Waals surface area contributed by atoms with Gasteiger partial charge in [-0.15, -0.1) is 0 Å². The van der Waals surface area contributed by atoms with Crippen LogP contribution in [0.15, 0.2) is 12.1 Å². The highest BCUT2D eigenvalue weighted by molar-refractivity contribution is 7.61. The first-order chi connectivity index (χ1) is 8.95. The van der Waals surface area contributed by atoms with Crippen LogP contribution in [0, 0.1) is 10.1 Å². The van der Waals surface area contributed by atoms with Crippen molar-refractivity contribution in [2.45, 2.75) is 32.3 Å². The van der Waals surface area contributed by atoms with E-state index < -0.39 is 12.1 Å². The summed E-state index contributed by atoms with van der Waals surface area (Å²) in [4.78, 5) is 10.8. The molecule has 0 heterocycles. The molecule has 0 aliphatic heterocycles. The lowest BCUT2D eigenvalue weighted by Gasteiger charge is -2.21. The maximum absolute atomic E-state index is 12.1. The second-order valence-electron chi connectivity index (χ2n) is 6.43. The fraction of sp³-hybridized carbons (Fsp3) is 0.571. The highest BCUT2D eigenvalue weighted by atomic mass is 31.2. The monoisotopic (exact) mass is 299 g/mol. The van der Waals surface area contributed by atoms with E-state index in [2.05, 4.69) is 0 Å². The quantitative estimate of drug-likeness (QED) is 0.478. The summed E-state index contributed by atoms with van der Waals surface area (Å²) in [6, 6.07) is 3.41. The van der Waals surface area contributed by atoms with Crippen molar-refractivity contribution in [3.05, 3.63) is 33.4 Å². The minimum Gasteiger partial charge on any atom is -0.490 e. The van der Waals surface area contributed by atoms with E-state index in [1.807, 2.05) is 26.8 Å². The summed E-state index contributed by atoms with van der Waals surface area (Å²) in [5.41, 5.74) is 1.19. The van der Waals surface area contributed by atoms with Crippen molar-refractivity contribution < 1.29 is 14.2 Å². The Morgan fingerprint density at radius 2 is 1.85 bits per heavy atom. The molecule has 0 bridgehead atoms. The number of benzene rings is 1. The average molecular weight is 299 g/mol. The van der Waals surface area contributed by atoms with Gasteiger partial charge >= 0.3 is 5.69 Å². The predicted octanol–water partition coefficient (Wildman–Crippen LogP) is 4.02. The third kappa shape index (κ3) is 4.07. The average Bonchev–Trinajstić information content (AvgIpc) is 2.24. The first-order valence-corrected chi connectivity index (χ1v) is 9.14. The van der Waals surface area contributed by atoms with Gasteiger partial charge in [-0.3, -0.25) is 10.1 Å². The molecule has 1 aromatic carbocycles. The molecule has 6 heteroatoms. The molecule has 0 atom stereocenters. The van der Waals surface area contributed by atoms with Crippen LogP contribution in [0.3, 0.4) is 0 Å². The standard InChI is InChI=1S/C14H22NO4P/c1-14(2,3)11-7-10(9-20(5,6)18)13(19-4)12(8-11)15(16)17/h7-8H,9H2,1-6H3. The highest BCUT2D eigenvalue weighted by Crippen LogP contribution is 2.46. The van der Waals surface area contributed by atoms with E-state index in [9.17, 15) is 14.7 Å². The molecule has 5 nitrogen and oxygen atoms in total. The fourth-order valence-electron chi connectivity index (χ4n) is 2.00. The number of hydrogen-bond donors (Lipinski definition) is 0. The Labute approximate surface area is 119 Å². The second-order valence-corrected chi connectivity index (χ2v) is 9.89. The van der Waals surface area contributed by atoms with Crippen LogP contribution < -0.4 is 4.74 Å². The zero-order chi connectivity index (χ0) is 15.7. The second kappa shape index (κ2) is 5.57. The lowest BCUT2D eigenvalue weighted by molar-refractivity contribution is -0.385. The SMILES string of the molecule is COc1c(CP(C)(C)=O)cc(C(C)(C)C)cc1[N+](=O)[O-]. The number of methoxy groups -OCH3 is 1. The molecule has 0 aliphatic carbocycles. The van der Waals surface area contributed by atoms with E-state index in [4.69, 9.17) is 4.74 Å². The summed E-state index contributed by atoms with van der Waals surface area (Å²) in [5.74, 6) is 0.215. The minimum absolute atomic E-state index is 0.0663. The summed E-state index contributed by atoms with van der Waals surface area (Å²) in [5, 5.41) is 11.2. The molecule has 0 aliphatic rings. The molecule has 0 aromatic heterocycles. The first kappa shape index (κ1) is 16.7. The van der Waals surface area contributed by atoms with Crippen LogP contribution in [-0.4, -0.2) is 25.4 Å². The van der Waals surface area contributed by atoms with Gasteiger partial charge in [0.05, 0.1) is 19.2 Å². The molecule has 1 aromatic rings. The van der Waals surface area contributed by atoms with Crippen LogP contribution >= 0.6 is 7.14 Å². The molecule has 0 saturated heterocycles. The molecule has 0 amide bonds. The van der Waals surface area contributed by atoms with Crippen molar-refractivity contribution in [3.63, 3.8) is 0 Å². The smallest absolute Gasteiger partial charge is 0.311 e. The van der Waals surface area contributed by atoms with E-state index in [0.29, 0.717) is 11.7 Å². The molecule has 0 N–H and O–H groups in total. The molecule has 0 fully saturated rings. The number of nitro benzene ring substituents is 1. The normalized spacial score (nSPS) is 12.3. The zero-order valence-corrected chi connectivity index (χ0v) is 13.8. The molecular formula is C14H22NO4P. The van der Waals surface area contributed by atoms with E-state index in [-0.39, 0.29) is 16.9 Å². The van der Waals surface area contributed by atoms with Crippen LogP contribution in [0.4, 0.5) is 5.69 Å². The van der Waals surface area contributed by atoms with Gasteiger partial charge in [-0.1, -0.05) is 26.8 Å². The number of rotatable bonds is 4. The Morgan fingerprint density at radius 1 is 1.30 bits per heavy atom. The third-order valence-electron chi connectivity index (χ3n) is 2.96. The van der Waals surface area contributed by atoms with Gasteiger partial charge < -0.3 is 9.30 Å². The maximum Gasteiger partial charge on any atom is 0.311 e. The zero-order valence-electron chi connectivity index (χ0n) is 12.9. The molecule has 0 unspecified atom stereocenters. The van der Waals surface area contributed by atoms with Gasteiger partial charge in [-0.2, -0.15) is 0 Å². The van der Waals surface area contributed by atoms with Gasteiger partial charge in [0.2, 0.25) is 5.75 Å². The van der Waals surface area contributed by atoms with Crippen LogP contribution in [-0.2, 0) is 16.1 Å². The van der Waals surface area contributed by atoms with Gasteiger partial charge in [-0.05, 0) is 24.3 Å². The van der Waals surface area contributed by atoms with Crippen molar-refractivity contribution in [1.82, 2.24) is 0 Å². The van der Waals surface area contributed by atoms with Crippen LogP contribution in [0.5, 0.6) is 5.75 Å². The third-order valence-corrected chi connectivity index (χ3v) is 4.07. The van der Waals surface area contributed by atoms with E-state index in [1.54, 1.807) is 19.4 Å². The molecule has 0 radical (unpaired) electrons. The van der Waals surface area contributed by atoms with Crippen molar-refractivity contribution >= 4 is 12.8 Å². The van der Waals surface area contributed by atoms with Crippen molar-refractivity contribution in [2.75, 3.05) is 20.4 Å². The van der Waals surface area contributed by atoms with Crippen LogP contribution in [0.2, 0.25) is 0 Å². The number of nitro groups is 1. The summed E-state index contributed by atoms with van der Waals surface area (Å²) in [6.45, 7) is 9.30. The molecule has 112 valence electrons. The van der Waals surface area contributed by atoms with Gasteiger partial charge in [-0.25, -0.2) is 0 Å². The molecule has 1 rings (SSSR count). The van der Waals surface area contributed by atoms with Crippen LogP contribution in [0.1, 0.15) is 31.9 Å². The highest BCUT2D eigenvalue weighted by Gasteiger charge is 2.26. The predicted molar refractivity (Wildman–Crippen MR) is 81.5 cm³/mol. The summed E-state index contributed by atoms with van der Waals surface area (Å²) < 4.78 is 17.3. The Balaban J connectivity index is 3.58. The topological polar surface area (TPSA) is 69.4 Å². The summed E-state index contributed by atoms with van der Waals surface area (Å²) in [6.07, 6.45) is 0.293. The Bertz CT molecular complexity index is 569. The first-order valence-electron chi connectivity index (χ1n) is 6.35. The van der Waals surface area contributed by atoms with E-state index >= 15 is 0 Å². The fourth-order valence-corrected chi connectivity index (χ4v) is 3.06. The molecule has 20 heavy (non-hydrogen) atoms. The molecular weight excluding hydrogens is 277 g/mol. The largest absolute Gasteiger partial charge is 0.490 e. The number of nitrogens with zero attached hydrogens (tertiary/aromatic N) is 1.